The number of aryl methyl sites for hydroxylation is 1. The van der Waals surface area contributed by atoms with E-state index in [2.05, 4.69) is 9.97 Å². The fourth-order valence-electron chi connectivity index (χ4n) is 2.73. The van der Waals surface area contributed by atoms with Gasteiger partial charge >= 0.3 is 5.97 Å². The number of aromatic amines is 1. The van der Waals surface area contributed by atoms with Crippen molar-refractivity contribution in [1.82, 2.24) is 9.97 Å². The molecule has 146 valence electrons. The number of carbonyl (C=O) groups excluding carboxylic acids is 1. The van der Waals surface area contributed by atoms with Crippen LogP contribution in [0.1, 0.15) is 33.8 Å². The normalized spacial score (nSPS) is 10.8. The van der Waals surface area contributed by atoms with Gasteiger partial charge in [-0.25, -0.2) is 9.78 Å². The minimum absolute atomic E-state index is 0.129. The molecule has 3 aromatic rings. The molecule has 0 radical (unpaired) electrons. The second-order valence-corrected chi connectivity index (χ2v) is 8.47. The summed E-state index contributed by atoms with van der Waals surface area (Å²) in [7, 11) is 1.40. The van der Waals surface area contributed by atoms with Gasteiger partial charge in [-0.05, 0) is 31.4 Å². The third kappa shape index (κ3) is 5.81. The lowest BCUT2D eigenvalue weighted by Crippen LogP contribution is -2.08. The number of nitrogens with one attached hydrogen (secondary N) is 1. The number of unbranched alkanes of at least 4 members (excludes halogenated alkanes) is 2. The van der Waals surface area contributed by atoms with Crippen LogP contribution in [0.15, 0.2) is 58.5 Å². The fraction of sp³-hybridized carbons (Fsp3) is 0.286. The molecule has 0 aliphatic carbocycles. The first-order valence-corrected chi connectivity index (χ1v) is 10.9. The highest BCUT2D eigenvalue weighted by molar-refractivity contribution is 7.99. The topological polar surface area (TPSA) is 72.0 Å². The smallest absolute Gasteiger partial charge is 0.348 e. The van der Waals surface area contributed by atoms with E-state index in [1.807, 2.05) is 42.5 Å². The minimum Gasteiger partial charge on any atom is -0.465 e. The van der Waals surface area contributed by atoms with Gasteiger partial charge in [0.15, 0.2) is 5.16 Å². The highest BCUT2D eigenvalue weighted by Crippen LogP contribution is 2.22. The first kappa shape index (κ1) is 20.4. The summed E-state index contributed by atoms with van der Waals surface area (Å²) >= 11 is 3.07. The molecule has 2 heterocycles. The Morgan fingerprint density at radius 2 is 1.96 bits per heavy atom. The zero-order chi connectivity index (χ0) is 19.8. The van der Waals surface area contributed by atoms with Crippen molar-refractivity contribution in [2.45, 2.75) is 30.8 Å². The van der Waals surface area contributed by atoms with E-state index in [0.29, 0.717) is 15.7 Å². The zero-order valence-corrected chi connectivity index (χ0v) is 17.3. The van der Waals surface area contributed by atoms with Crippen LogP contribution in [0.25, 0.3) is 11.3 Å². The van der Waals surface area contributed by atoms with Crippen LogP contribution in [-0.4, -0.2) is 28.8 Å². The van der Waals surface area contributed by atoms with E-state index in [0.717, 1.165) is 37.0 Å². The number of carbonyl (C=O) groups is 1. The number of hydrogen-bond donors (Lipinski definition) is 1. The summed E-state index contributed by atoms with van der Waals surface area (Å²) in [6.07, 6.45) is 4.15. The molecule has 3 rings (SSSR count). The van der Waals surface area contributed by atoms with E-state index in [1.54, 1.807) is 11.8 Å². The van der Waals surface area contributed by atoms with Crippen LogP contribution in [-0.2, 0) is 11.2 Å². The average Bonchev–Trinajstić information content (AvgIpc) is 3.19. The quantitative estimate of drug-likeness (QED) is 0.236. The summed E-state index contributed by atoms with van der Waals surface area (Å²) in [5, 5.41) is 0.660. The first-order chi connectivity index (χ1) is 13.7. The number of thiophene rings is 1. The highest BCUT2D eigenvalue weighted by atomic mass is 32.2. The number of thioether (sulfide) groups is 1. The van der Waals surface area contributed by atoms with Crippen LogP contribution in [0.4, 0.5) is 0 Å². The van der Waals surface area contributed by atoms with Crippen LogP contribution in [0.3, 0.4) is 0 Å². The molecule has 0 saturated heterocycles. The Labute approximate surface area is 172 Å². The van der Waals surface area contributed by atoms with Gasteiger partial charge in [0, 0.05) is 22.3 Å². The standard InChI is InChI=1S/C21H22N2O3S2/c1-26-20(25)18-12-11-16(28-18)10-6-3-7-13-27-21-22-17(14-19(24)23-21)15-8-4-2-5-9-15/h2,4-5,8-9,11-12,14H,3,6-7,10,13H2,1H3,(H,22,23,24). The maximum absolute atomic E-state index is 11.9. The molecule has 1 aromatic carbocycles. The lowest BCUT2D eigenvalue weighted by atomic mass is 10.1. The van der Waals surface area contributed by atoms with E-state index in [-0.39, 0.29) is 11.5 Å². The maximum atomic E-state index is 11.9. The second-order valence-electron chi connectivity index (χ2n) is 6.22. The fourth-order valence-corrected chi connectivity index (χ4v) is 4.58. The monoisotopic (exact) mass is 414 g/mol. The molecule has 0 unspecified atom stereocenters. The van der Waals surface area contributed by atoms with Gasteiger partial charge in [0.25, 0.3) is 5.56 Å². The van der Waals surface area contributed by atoms with Crippen LogP contribution in [0.2, 0.25) is 0 Å². The number of methoxy groups -OCH3 is 1. The molecular weight excluding hydrogens is 392 g/mol. The van der Waals surface area contributed by atoms with Crippen molar-refractivity contribution in [2.75, 3.05) is 12.9 Å². The molecule has 0 bridgehead atoms. The number of esters is 1. The summed E-state index contributed by atoms with van der Waals surface area (Å²) in [6, 6.07) is 15.1. The number of rotatable bonds is 9. The minimum atomic E-state index is -0.271. The van der Waals surface area contributed by atoms with E-state index < -0.39 is 0 Å². The predicted octanol–water partition coefficient (Wildman–Crippen LogP) is 4.79. The van der Waals surface area contributed by atoms with Crippen molar-refractivity contribution in [1.29, 1.82) is 0 Å². The van der Waals surface area contributed by atoms with Crippen molar-refractivity contribution in [3.8, 4) is 11.3 Å². The molecule has 0 amide bonds. The molecule has 0 fully saturated rings. The van der Waals surface area contributed by atoms with Gasteiger partial charge in [-0.2, -0.15) is 0 Å². The third-order valence-electron chi connectivity index (χ3n) is 4.14. The number of H-pyrrole nitrogens is 1. The van der Waals surface area contributed by atoms with Gasteiger partial charge in [0.2, 0.25) is 0 Å². The number of hydrogen-bond acceptors (Lipinski definition) is 6. The van der Waals surface area contributed by atoms with Gasteiger partial charge in [0.1, 0.15) is 4.88 Å². The molecular formula is C21H22N2O3S2. The Morgan fingerprint density at radius 1 is 1.14 bits per heavy atom. The summed E-state index contributed by atoms with van der Waals surface area (Å²) < 4.78 is 4.73. The molecule has 5 nitrogen and oxygen atoms in total. The Hall–Kier alpha value is -2.38. The van der Waals surface area contributed by atoms with Gasteiger partial charge in [0.05, 0.1) is 12.8 Å². The van der Waals surface area contributed by atoms with Crippen molar-refractivity contribution in [3.05, 3.63) is 68.6 Å². The molecule has 0 spiro atoms. The second kappa shape index (κ2) is 10.2. The number of nitrogens with zero attached hydrogens (tertiary/aromatic N) is 1. The summed E-state index contributed by atoms with van der Waals surface area (Å²) in [5.74, 6) is 0.630. The van der Waals surface area contributed by atoms with E-state index in [9.17, 15) is 9.59 Å². The van der Waals surface area contributed by atoms with Crippen molar-refractivity contribution in [2.24, 2.45) is 0 Å². The first-order valence-electron chi connectivity index (χ1n) is 9.12. The summed E-state index contributed by atoms with van der Waals surface area (Å²) in [4.78, 5) is 32.6. The molecule has 2 aromatic heterocycles. The van der Waals surface area contributed by atoms with E-state index >= 15 is 0 Å². The van der Waals surface area contributed by atoms with Crippen LogP contribution in [0.5, 0.6) is 0 Å². The van der Waals surface area contributed by atoms with Crippen molar-refractivity contribution in [3.63, 3.8) is 0 Å². The Morgan fingerprint density at radius 3 is 2.75 bits per heavy atom. The molecule has 28 heavy (non-hydrogen) atoms. The lowest BCUT2D eigenvalue weighted by molar-refractivity contribution is 0.0606. The largest absolute Gasteiger partial charge is 0.465 e. The highest BCUT2D eigenvalue weighted by Gasteiger charge is 2.09. The number of ether oxygens (including phenoxy) is 1. The maximum Gasteiger partial charge on any atom is 0.348 e. The van der Waals surface area contributed by atoms with Crippen LogP contribution in [0, 0.1) is 0 Å². The van der Waals surface area contributed by atoms with Crippen LogP contribution >= 0.6 is 23.1 Å². The number of benzene rings is 1. The summed E-state index contributed by atoms with van der Waals surface area (Å²) in [6.45, 7) is 0. The SMILES string of the molecule is COC(=O)c1ccc(CCCCCSc2nc(-c3ccccc3)cc(=O)[nH]2)s1. The Bertz CT molecular complexity index is 967. The Kier molecular flexibility index (Phi) is 7.45. The van der Waals surface area contributed by atoms with Gasteiger partial charge in [-0.1, -0.05) is 48.5 Å². The Balaban J connectivity index is 1.43. The van der Waals surface area contributed by atoms with E-state index in [1.165, 1.54) is 29.4 Å². The number of aromatic nitrogens is 2. The molecule has 1 N–H and O–H groups in total. The van der Waals surface area contributed by atoms with Crippen LogP contribution < -0.4 is 5.56 Å². The van der Waals surface area contributed by atoms with Crippen molar-refractivity contribution < 1.29 is 9.53 Å². The average molecular weight is 415 g/mol. The van der Waals surface area contributed by atoms with Gasteiger partial charge < -0.3 is 9.72 Å². The molecule has 0 aliphatic heterocycles. The molecule has 0 atom stereocenters. The van der Waals surface area contributed by atoms with Gasteiger partial charge in [-0.3, -0.25) is 4.79 Å². The lowest BCUT2D eigenvalue weighted by Gasteiger charge is -2.04. The van der Waals surface area contributed by atoms with Crippen molar-refractivity contribution >= 4 is 29.1 Å². The summed E-state index contributed by atoms with van der Waals surface area (Å²) in [5.41, 5.74) is 1.51. The molecule has 0 saturated carbocycles. The molecule has 0 aliphatic rings. The molecule has 7 heteroatoms. The zero-order valence-electron chi connectivity index (χ0n) is 15.6. The van der Waals surface area contributed by atoms with Gasteiger partial charge in [-0.15, -0.1) is 11.3 Å². The predicted molar refractivity (Wildman–Crippen MR) is 114 cm³/mol. The van der Waals surface area contributed by atoms with E-state index in [4.69, 9.17) is 4.74 Å². The third-order valence-corrected chi connectivity index (χ3v) is 6.23.